The minimum Gasteiger partial charge on any atom is -0.382 e. The molecule has 0 aromatic heterocycles. The molecule has 1 amide bonds. The number of amides is 1. The molecule has 0 bridgehead atoms. The number of halogens is 3. The summed E-state index contributed by atoms with van der Waals surface area (Å²) in [5, 5.41) is 5.34. The second-order valence-corrected chi connectivity index (χ2v) is 6.07. The van der Waals surface area contributed by atoms with Gasteiger partial charge in [-0.2, -0.15) is 13.2 Å². The van der Waals surface area contributed by atoms with Gasteiger partial charge in [-0.05, 0) is 44.9 Å². The Morgan fingerprint density at radius 2 is 1.90 bits per heavy atom. The molecule has 0 radical (unpaired) electrons. The maximum absolute atomic E-state index is 13.1. The van der Waals surface area contributed by atoms with Crippen LogP contribution in [0.2, 0.25) is 0 Å². The third-order valence-electron chi connectivity index (χ3n) is 3.58. The molecule has 0 spiro atoms. The summed E-state index contributed by atoms with van der Waals surface area (Å²) in [5.74, 6) is -0.222. The zero-order chi connectivity index (χ0) is 15.8. The van der Waals surface area contributed by atoms with E-state index in [-0.39, 0.29) is 23.3 Å². The smallest absolute Gasteiger partial charge is 0.382 e. The highest BCUT2D eigenvalue weighted by Gasteiger charge is 2.45. The van der Waals surface area contributed by atoms with E-state index in [0.717, 1.165) is 18.9 Å². The Hall–Kier alpha value is -1.72. The second kappa shape index (κ2) is 5.24. The largest absolute Gasteiger partial charge is 0.418 e. The van der Waals surface area contributed by atoms with Crippen LogP contribution in [0.4, 0.5) is 24.5 Å². The molecule has 1 aromatic carbocycles. The van der Waals surface area contributed by atoms with Crippen LogP contribution in [0.1, 0.15) is 39.2 Å². The van der Waals surface area contributed by atoms with Crippen LogP contribution in [0.3, 0.4) is 0 Å². The monoisotopic (exact) mass is 300 g/mol. The quantitative estimate of drug-likeness (QED) is 0.872. The van der Waals surface area contributed by atoms with Crippen LogP contribution in [0.25, 0.3) is 0 Å². The Labute approximate surface area is 121 Å². The Bertz CT molecular complexity index is 548. The summed E-state index contributed by atoms with van der Waals surface area (Å²) in [6.45, 7) is 5.34. The molecule has 0 heterocycles. The summed E-state index contributed by atoms with van der Waals surface area (Å²) in [6, 6.07) is 3.71. The lowest BCUT2D eigenvalue weighted by Crippen LogP contribution is -2.22. The second-order valence-electron chi connectivity index (χ2n) is 6.07. The average molecular weight is 300 g/mol. The number of hydrogen-bond donors (Lipinski definition) is 2. The predicted molar refractivity (Wildman–Crippen MR) is 76.2 cm³/mol. The van der Waals surface area contributed by atoms with Crippen molar-refractivity contribution >= 4 is 17.3 Å². The van der Waals surface area contributed by atoms with Crippen molar-refractivity contribution in [3.8, 4) is 0 Å². The van der Waals surface area contributed by atoms with Gasteiger partial charge in [0.2, 0.25) is 5.91 Å². The van der Waals surface area contributed by atoms with Crippen LogP contribution >= 0.6 is 0 Å². The van der Waals surface area contributed by atoms with Crippen molar-refractivity contribution < 1.29 is 18.0 Å². The summed E-state index contributed by atoms with van der Waals surface area (Å²) in [7, 11) is 0. The van der Waals surface area contributed by atoms with E-state index in [9.17, 15) is 18.0 Å². The summed E-state index contributed by atoms with van der Waals surface area (Å²) < 4.78 is 39.3. The number of alkyl halides is 3. The molecule has 6 heteroatoms. The third-order valence-corrected chi connectivity index (χ3v) is 3.58. The average Bonchev–Trinajstić information content (AvgIpc) is 3.08. The minimum atomic E-state index is -4.47. The molecule has 1 fully saturated rings. The summed E-state index contributed by atoms with van der Waals surface area (Å²) in [6.07, 6.45) is -2.92. The Morgan fingerprint density at radius 1 is 1.29 bits per heavy atom. The molecular weight excluding hydrogens is 281 g/mol. The van der Waals surface area contributed by atoms with Crippen LogP contribution in [0.5, 0.6) is 0 Å². The Morgan fingerprint density at radius 3 is 2.38 bits per heavy atom. The molecule has 0 unspecified atom stereocenters. The first-order valence-electron chi connectivity index (χ1n) is 6.91. The lowest BCUT2D eigenvalue weighted by Gasteiger charge is -2.18. The van der Waals surface area contributed by atoms with E-state index in [4.69, 9.17) is 0 Å². The predicted octanol–water partition coefficient (Wildman–Crippen LogP) is 4.26. The molecule has 116 valence electrons. The summed E-state index contributed by atoms with van der Waals surface area (Å²) in [5.41, 5.74) is -0.995. The van der Waals surface area contributed by atoms with Crippen molar-refractivity contribution in [2.24, 2.45) is 5.41 Å². The molecule has 3 nitrogen and oxygen atoms in total. The molecule has 21 heavy (non-hydrogen) atoms. The van der Waals surface area contributed by atoms with Gasteiger partial charge in [-0.3, -0.25) is 4.79 Å². The molecular formula is C15H19F3N2O. The molecule has 1 aliphatic rings. The number of anilines is 2. The van der Waals surface area contributed by atoms with E-state index in [2.05, 4.69) is 10.6 Å². The highest BCUT2D eigenvalue weighted by Crippen LogP contribution is 2.46. The van der Waals surface area contributed by atoms with Gasteiger partial charge in [-0.1, -0.05) is 6.92 Å². The summed E-state index contributed by atoms with van der Waals surface area (Å²) in [4.78, 5) is 11.9. The minimum absolute atomic E-state index is 0.0214. The number of carbonyl (C=O) groups excluding carboxylic acids is 1. The van der Waals surface area contributed by atoms with Crippen LogP contribution in [-0.2, 0) is 11.0 Å². The highest BCUT2D eigenvalue weighted by atomic mass is 19.4. The van der Waals surface area contributed by atoms with Gasteiger partial charge in [0.15, 0.2) is 0 Å². The lowest BCUT2D eigenvalue weighted by atomic mass is 10.1. The van der Waals surface area contributed by atoms with Crippen molar-refractivity contribution in [1.29, 1.82) is 0 Å². The molecule has 0 aliphatic heterocycles. The fraction of sp³-hybridized carbons (Fsp3) is 0.533. The van der Waals surface area contributed by atoms with E-state index in [1.165, 1.54) is 12.1 Å². The first-order chi connectivity index (χ1) is 9.62. The van der Waals surface area contributed by atoms with Gasteiger partial charge in [0.1, 0.15) is 0 Å². The van der Waals surface area contributed by atoms with Gasteiger partial charge in [0.05, 0.1) is 5.56 Å². The molecule has 1 saturated carbocycles. The maximum Gasteiger partial charge on any atom is 0.418 e. The standard InChI is InChI=1S/C15H19F3N2O/c1-9(2)19-12-5-4-10(8-11(12)15(16,17)18)20-13(21)14(3)6-7-14/h4-5,8-9,19H,6-7H2,1-3H3,(H,20,21). The molecule has 0 atom stereocenters. The van der Waals surface area contributed by atoms with Crippen molar-refractivity contribution in [3.63, 3.8) is 0 Å². The van der Waals surface area contributed by atoms with E-state index in [1.54, 1.807) is 13.8 Å². The number of carbonyl (C=O) groups is 1. The molecule has 1 aromatic rings. The van der Waals surface area contributed by atoms with Crippen molar-refractivity contribution in [1.82, 2.24) is 0 Å². The fourth-order valence-corrected chi connectivity index (χ4v) is 1.99. The SMILES string of the molecule is CC(C)Nc1ccc(NC(=O)C2(C)CC2)cc1C(F)(F)F. The van der Waals surface area contributed by atoms with E-state index < -0.39 is 17.2 Å². The molecule has 2 N–H and O–H groups in total. The first kappa shape index (κ1) is 15.7. The Kier molecular flexibility index (Phi) is 3.91. The fourth-order valence-electron chi connectivity index (χ4n) is 1.99. The van der Waals surface area contributed by atoms with Gasteiger partial charge in [-0.15, -0.1) is 0 Å². The number of hydrogen-bond acceptors (Lipinski definition) is 2. The normalized spacial score (nSPS) is 16.7. The highest BCUT2D eigenvalue weighted by molar-refractivity contribution is 5.97. The van der Waals surface area contributed by atoms with Crippen molar-refractivity contribution in [2.75, 3.05) is 10.6 Å². The van der Waals surface area contributed by atoms with Crippen LogP contribution in [-0.4, -0.2) is 11.9 Å². The van der Waals surface area contributed by atoms with E-state index in [0.29, 0.717) is 0 Å². The molecule has 2 rings (SSSR count). The number of benzene rings is 1. The Balaban J connectivity index is 2.26. The topological polar surface area (TPSA) is 41.1 Å². The summed E-state index contributed by atoms with van der Waals surface area (Å²) >= 11 is 0. The van der Waals surface area contributed by atoms with Crippen LogP contribution in [0, 0.1) is 5.41 Å². The van der Waals surface area contributed by atoms with Gasteiger partial charge >= 0.3 is 6.18 Å². The van der Waals surface area contributed by atoms with Crippen LogP contribution in [0.15, 0.2) is 18.2 Å². The van der Waals surface area contributed by atoms with Gasteiger partial charge in [-0.25, -0.2) is 0 Å². The van der Waals surface area contributed by atoms with Gasteiger partial charge in [0, 0.05) is 22.8 Å². The number of rotatable bonds is 4. The lowest BCUT2D eigenvalue weighted by molar-refractivity contribution is -0.137. The van der Waals surface area contributed by atoms with Crippen molar-refractivity contribution in [2.45, 2.75) is 45.8 Å². The zero-order valence-corrected chi connectivity index (χ0v) is 12.3. The molecule has 0 saturated heterocycles. The molecule has 1 aliphatic carbocycles. The third kappa shape index (κ3) is 3.68. The first-order valence-corrected chi connectivity index (χ1v) is 6.91. The van der Waals surface area contributed by atoms with E-state index >= 15 is 0 Å². The zero-order valence-electron chi connectivity index (χ0n) is 12.3. The van der Waals surface area contributed by atoms with Gasteiger partial charge in [0.25, 0.3) is 0 Å². The van der Waals surface area contributed by atoms with Gasteiger partial charge < -0.3 is 10.6 Å². The maximum atomic E-state index is 13.1. The van der Waals surface area contributed by atoms with Crippen molar-refractivity contribution in [3.05, 3.63) is 23.8 Å². The van der Waals surface area contributed by atoms with Crippen LogP contribution < -0.4 is 10.6 Å². The number of nitrogens with one attached hydrogen (secondary N) is 2. The van der Waals surface area contributed by atoms with E-state index in [1.807, 2.05) is 6.92 Å².